The van der Waals surface area contributed by atoms with Crippen LogP contribution in [-0.4, -0.2) is 30.8 Å². The minimum absolute atomic E-state index is 0.155. The number of aliphatic carboxylic acids is 1. The zero-order chi connectivity index (χ0) is 15.6. The molecule has 7 nitrogen and oxygen atoms in total. The Morgan fingerprint density at radius 1 is 1.29 bits per heavy atom. The van der Waals surface area contributed by atoms with E-state index in [1.165, 1.54) is 15.9 Å². The summed E-state index contributed by atoms with van der Waals surface area (Å²) in [5.74, 6) is -0.945. The van der Waals surface area contributed by atoms with Crippen LogP contribution in [0, 0.1) is 6.92 Å². The molecule has 0 fully saturated rings. The van der Waals surface area contributed by atoms with Crippen LogP contribution >= 0.6 is 11.3 Å². The second-order valence-corrected chi connectivity index (χ2v) is 5.64. The van der Waals surface area contributed by atoms with E-state index >= 15 is 0 Å². The first kappa shape index (κ1) is 15.3. The molecule has 0 spiro atoms. The van der Waals surface area contributed by atoms with Crippen LogP contribution in [0.5, 0.6) is 0 Å². The highest BCUT2D eigenvalue weighted by atomic mass is 32.1. The number of nitrogens with zero attached hydrogens (tertiary/aromatic N) is 4. The fourth-order valence-electron chi connectivity index (χ4n) is 2.24. The molecule has 8 heteroatoms. The van der Waals surface area contributed by atoms with Crippen molar-refractivity contribution in [3.8, 4) is 5.13 Å². The van der Waals surface area contributed by atoms with Gasteiger partial charge in [-0.3, -0.25) is 4.79 Å². The molecule has 0 aliphatic carbocycles. The third kappa shape index (κ3) is 2.99. The van der Waals surface area contributed by atoms with Crippen LogP contribution in [0.2, 0.25) is 0 Å². The number of hydrogen-bond acceptors (Lipinski definition) is 6. The van der Waals surface area contributed by atoms with Gasteiger partial charge in [0.25, 0.3) is 0 Å². The Kier molecular flexibility index (Phi) is 4.46. The minimum atomic E-state index is -0.945. The van der Waals surface area contributed by atoms with E-state index < -0.39 is 11.7 Å². The molecule has 2 rings (SSSR count). The SMILES string of the molecule is CCc1nc(=O)n(-c2nnc(C)s2)c(CC)c1CC(=O)O. The number of rotatable bonds is 5. The maximum Gasteiger partial charge on any atom is 0.354 e. The number of aromatic nitrogens is 4. The Morgan fingerprint density at radius 2 is 2.00 bits per heavy atom. The molecule has 0 radical (unpaired) electrons. The molecule has 2 aromatic heterocycles. The molecule has 1 N–H and O–H groups in total. The van der Waals surface area contributed by atoms with Gasteiger partial charge in [0.15, 0.2) is 0 Å². The van der Waals surface area contributed by atoms with Crippen molar-refractivity contribution < 1.29 is 9.90 Å². The summed E-state index contributed by atoms with van der Waals surface area (Å²) in [6.45, 7) is 5.53. The molecular weight excluding hydrogens is 292 g/mol. The summed E-state index contributed by atoms with van der Waals surface area (Å²) in [5.41, 5.74) is 1.34. The third-order valence-electron chi connectivity index (χ3n) is 3.09. The van der Waals surface area contributed by atoms with Crippen LogP contribution in [0.25, 0.3) is 5.13 Å². The van der Waals surface area contributed by atoms with Crippen LogP contribution in [-0.2, 0) is 24.1 Å². The normalized spacial score (nSPS) is 10.8. The molecular formula is C13H16N4O3S. The van der Waals surface area contributed by atoms with E-state index in [1.54, 1.807) is 6.92 Å². The molecule has 21 heavy (non-hydrogen) atoms. The van der Waals surface area contributed by atoms with Gasteiger partial charge < -0.3 is 5.11 Å². The summed E-state index contributed by atoms with van der Waals surface area (Å²) in [4.78, 5) is 27.4. The molecule has 0 unspecified atom stereocenters. The summed E-state index contributed by atoms with van der Waals surface area (Å²) in [6.07, 6.45) is 0.879. The van der Waals surface area contributed by atoms with Crippen molar-refractivity contribution in [2.75, 3.05) is 0 Å². The van der Waals surface area contributed by atoms with E-state index in [0.717, 1.165) is 5.01 Å². The minimum Gasteiger partial charge on any atom is -0.481 e. The Labute approximate surface area is 125 Å². The van der Waals surface area contributed by atoms with E-state index in [-0.39, 0.29) is 6.42 Å². The van der Waals surface area contributed by atoms with Crippen molar-refractivity contribution in [3.63, 3.8) is 0 Å². The lowest BCUT2D eigenvalue weighted by molar-refractivity contribution is -0.136. The van der Waals surface area contributed by atoms with Crippen LogP contribution in [0.3, 0.4) is 0 Å². The zero-order valence-corrected chi connectivity index (χ0v) is 12.9. The van der Waals surface area contributed by atoms with Crippen molar-refractivity contribution in [2.24, 2.45) is 0 Å². The fraction of sp³-hybridized carbons (Fsp3) is 0.462. The van der Waals surface area contributed by atoms with E-state index in [0.29, 0.717) is 34.9 Å². The lowest BCUT2D eigenvalue weighted by atomic mass is 10.0. The maximum absolute atomic E-state index is 12.3. The van der Waals surface area contributed by atoms with E-state index in [2.05, 4.69) is 15.2 Å². The van der Waals surface area contributed by atoms with Crippen LogP contribution in [0.4, 0.5) is 0 Å². The van der Waals surface area contributed by atoms with Crippen LogP contribution in [0.1, 0.15) is 35.8 Å². The third-order valence-corrected chi connectivity index (χ3v) is 3.92. The second kappa shape index (κ2) is 6.13. The summed E-state index contributed by atoms with van der Waals surface area (Å²) < 4.78 is 1.38. The quantitative estimate of drug-likeness (QED) is 0.889. The smallest absolute Gasteiger partial charge is 0.354 e. The first-order chi connectivity index (χ1) is 9.97. The van der Waals surface area contributed by atoms with Gasteiger partial charge >= 0.3 is 11.7 Å². The second-order valence-electron chi connectivity index (χ2n) is 4.48. The molecule has 0 aliphatic rings. The highest BCUT2D eigenvalue weighted by molar-refractivity contribution is 7.13. The highest BCUT2D eigenvalue weighted by Crippen LogP contribution is 2.19. The predicted molar refractivity (Wildman–Crippen MR) is 78.1 cm³/mol. The molecule has 112 valence electrons. The van der Waals surface area contributed by atoms with Crippen molar-refractivity contribution in [3.05, 3.63) is 32.4 Å². The summed E-state index contributed by atoms with van der Waals surface area (Å²) >= 11 is 1.28. The number of carboxylic acids is 1. The zero-order valence-electron chi connectivity index (χ0n) is 12.1. The molecule has 0 saturated heterocycles. The topological polar surface area (TPSA) is 98.0 Å². The molecule has 2 heterocycles. The molecule has 0 atom stereocenters. The lowest BCUT2D eigenvalue weighted by Gasteiger charge is -2.15. The van der Waals surface area contributed by atoms with Crippen molar-refractivity contribution in [1.29, 1.82) is 0 Å². The number of carboxylic acid groups (broad SMARTS) is 1. The molecule has 0 bridgehead atoms. The molecule has 2 aromatic rings. The highest BCUT2D eigenvalue weighted by Gasteiger charge is 2.20. The van der Waals surface area contributed by atoms with Gasteiger partial charge in [-0.1, -0.05) is 25.2 Å². The maximum atomic E-state index is 12.3. The van der Waals surface area contributed by atoms with Gasteiger partial charge in [-0.25, -0.2) is 9.36 Å². The molecule has 0 saturated carbocycles. The first-order valence-electron chi connectivity index (χ1n) is 6.63. The van der Waals surface area contributed by atoms with Gasteiger partial charge in [-0.15, -0.1) is 10.2 Å². The Balaban J connectivity index is 2.75. The Morgan fingerprint density at radius 3 is 2.48 bits per heavy atom. The number of aryl methyl sites for hydroxylation is 2. The van der Waals surface area contributed by atoms with Crippen LogP contribution < -0.4 is 5.69 Å². The van der Waals surface area contributed by atoms with Crippen molar-refractivity contribution in [2.45, 2.75) is 40.0 Å². The number of carbonyl (C=O) groups is 1. The largest absolute Gasteiger partial charge is 0.481 e. The molecule has 0 aliphatic heterocycles. The van der Waals surface area contributed by atoms with Crippen molar-refractivity contribution in [1.82, 2.24) is 19.7 Å². The van der Waals surface area contributed by atoms with Crippen LogP contribution in [0.15, 0.2) is 4.79 Å². The van der Waals surface area contributed by atoms with E-state index in [9.17, 15) is 9.59 Å². The number of hydrogen-bond donors (Lipinski definition) is 1. The molecule has 0 aromatic carbocycles. The van der Waals surface area contributed by atoms with Gasteiger partial charge in [-0.2, -0.15) is 4.98 Å². The molecule has 0 amide bonds. The summed E-state index contributed by atoms with van der Waals surface area (Å²) in [7, 11) is 0. The first-order valence-corrected chi connectivity index (χ1v) is 7.45. The fourth-order valence-corrected chi connectivity index (χ4v) is 2.95. The standard InChI is InChI=1S/C13H16N4O3S/c1-4-9-8(6-11(18)19)10(5-2)17(12(20)14-9)13-16-15-7(3)21-13/h4-6H2,1-3H3,(H,18,19). The summed E-state index contributed by atoms with van der Waals surface area (Å²) in [6, 6.07) is 0. The van der Waals surface area contributed by atoms with Gasteiger partial charge in [0.05, 0.1) is 12.1 Å². The van der Waals surface area contributed by atoms with E-state index in [1.807, 2.05) is 13.8 Å². The average molecular weight is 308 g/mol. The van der Waals surface area contributed by atoms with Gasteiger partial charge in [0.2, 0.25) is 5.13 Å². The summed E-state index contributed by atoms with van der Waals surface area (Å²) in [5, 5.41) is 18.1. The van der Waals surface area contributed by atoms with Gasteiger partial charge in [0, 0.05) is 11.3 Å². The van der Waals surface area contributed by atoms with E-state index in [4.69, 9.17) is 5.11 Å². The van der Waals surface area contributed by atoms with Crippen molar-refractivity contribution >= 4 is 17.3 Å². The lowest BCUT2D eigenvalue weighted by Crippen LogP contribution is -2.29. The monoisotopic (exact) mass is 308 g/mol. The Bertz CT molecular complexity index is 736. The Hall–Kier alpha value is -2.09. The van der Waals surface area contributed by atoms with Gasteiger partial charge in [0.1, 0.15) is 5.01 Å². The average Bonchev–Trinajstić information content (AvgIpc) is 2.85. The predicted octanol–water partition coefficient (Wildman–Crippen LogP) is 1.14. The van der Waals surface area contributed by atoms with Gasteiger partial charge in [-0.05, 0) is 19.8 Å².